The number of carboxylic acids is 2. The predicted molar refractivity (Wildman–Crippen MR) is 114 cm³/mol. The number of carbonyl (C=O) groups is 5. The molecular formula is C19H26N8O7. The Labute approximate surface area is 192 Å². The van der Waals surface area contributed by atoms with Crippen molar-refractivity contribution in [2.75, 3.05) is 6.54 Å². The highest BCUT2D eigenvalue weighted by atomic mass is 16.4. The van der Waals surface area contributed by atoms with E-state index < -0.39 is 60.8 Å². The Hall–Kier alpha value is -4.27. The molecule has 2 aromatic heterocycles. The third-order valence-corrected chi connectivity index (χ3v) is 4.64. The highest BCUT2D eigenvalue weighted by molar-refractivity contribution is 5.94. The fraction of sp³-hybridized carbons (Fsp3) is 0.421. The minimum absolute atomic E-state index is 0.0310. The number of nitrogens with two attached hydrogens (primary N) is 1. The number of carbonyl (C=O) groups excluding carboxylic acids is 3. The molecule has 0 aliphatic carbocycles. The maximum Gasteiger partial charge on any atom is 0.322 e. The number of H-pyrrole nitrogens is 2. The lowest BCUT2D eigenvalue weighted by Crippen LogP contribution is -2.57. The Kier molecular flexibility index (Phi) is 9.70. The van der Waals surface area contributed by atoms with Gasteiger partial charge in [-0.3, -0.25) is 24.0 Å². The van der Waals surface area contributed by atoms with E-state index >= 15 is 0 Å². The fourth-order valence-corrected chi connectivity index (χ4v) is 2.93. The van der Waals surface area contributed by atoms with Crippen molar-refractivity contribution in [3.05, 3.63) is 36.4 Å². The second-order valence-electron chi connectivity index (χ2n) is 7.33. The Morgan fingerprint density at radius 3 is 1.97 bits per heavy atom. The summed E-state index contributed by atoms with van der Waals surface area (Å²) in [6, 6.07) is -3.55. The second-order valence-corrected chi connectivity index (χ2v) is 7.33. The van der Waals surface area contributed by atoms with Crippen molar-refractivity contribution < 1.29 is 34.2 Å². The Morgan fingerprint density at radius 1 is 0.853 bits per heavy atom. The van der Waals surface area contributed by atoms with E-state index in [9.17, 15) is 24.0 Å². The van der Waals surface area contributed by atoms with Gasteiger partial charge >= 0.3 is 11.9 Å². The molecule has 0 radical (unpaired) electrons. The monoisotopic (exact) mass is 478 g/mol. The van der Waals surface area contributed by atoms with Crippen LogP contribution in [0.15, 0.2) is 25.0 Å². The van der Waals surface area contributed by atoms with Gasteiger partial charge in [-0.1, -0.05) is 0 Å². The summed E-state index contributed by atoms with van der Waals surface area (Å²) in [6.45, 7) is -0.713. The maximum atomic E-state index is 13.0. The zero-order chi connectivity index (χ0) is 25.1. The molecule has 3 amide bonds. The topological polar surface area (TPSA) is 245 Å². The van der Waals surface area contributed by atoms with Gasteiger partial charge in [0.1, 0.15) is 18.6 Å². The number of aromatic amines is 2. The van der Waals surface area contributed by atoms with Crippen molar-refractivity contribution in [3.63, 3.8) is 0 Å². The van der Waals surface area contributed by atoms with Gasteiger partial charge in [0.05, 0.1) is 18.7 Å². The molecule has 3 atom stereocenters. The molecule has 0 aromatic carbocycles. The number of carboxylic acid groups (broad SMARTS) is 2. The molecule has 0 aliphatic rings. The van der Waals surface area contributed by atoms with E-state index in [0.29, 0.717) is 11.4 Å². The molecule has 9 N–H and O–H groups in total. The van der Waals surface area contributed by atoms with Crippen molar-refractivity contribution in [1.29, 1.82) is 0 Å². The van der Waals surface area contributed by atoms with Crippen LogP contribution in [0.1, 0.15) is 24.2 Å². The van der Waals surface area contributed by atoms with Crippen molar-refractivity contribution in [2.45, 2.75) is 43.8 Å². The molecule has 0 bridgehead atoms. The molecule has 0 saturated heterocycles. The molecule has 2 rings (SSSR count). The third kappa shape index (κ3) is 8.70. The summed E-state index contributed by atoms with van der Waals surface area (Å²) in [5.74, 6) is -4.84. The van der Waals surface area contributed by atoms with Crippen LogP contribution in [0.4, 0.5) is 0 Å². The number of hydrogen-bond acceptors (Lipinski definition) is 8. The summed E-state index contributed by atoms with van der Waals surface area (Å²) in [4.78, 5) is 72.9. The number of nitrogens with one attached hydrogen (secondary N) is 5. The van der Waals surface area contributed by atoms with Crippen molar-refractivity contribution in [3.8, 4) is 0 Å². The molecule has 0 spiro atoms. The quantitative estimate of drug-likeness (QED) is 0.139. The van der Waals surface area contributed by atoms with E-state index in [1.807, 2.05) is 0 Å². The Morgan fingerprint density at radius 2 is 1.44 bits per heavy atom. The van der Waals surface area contributed by atoms with Crippen molar-refractivity contribution in [2.24, 2.45) is 5.73 Å². The Balaban J connectivity index is 2.12. The standard InChI is InChI=1S/C19H26N8O7/c20-12(3-10-5-21-8-24-10)17(32)27-14(4-11-6-22-9-25-11)19(34)26-13(1-2-15(28)29)18(33)23-7-16(30)31/h5-6,8-9,12-14H,1-4,7,20H2,(H,21,24)(H,22,25)(H,23,33)(H,26,34)(H,27,32)(H,28,29)(H,30,31). The maximum absolute atomic E-state index is 13.0. The van der Waals surface area contributed by atoms with E-state index in [-0.39, 0.29) is 19.3 Å². The van der Waals surface area contributed by atoms with Gasteiger partial charge in [-0.15, -0.1) is 0 Å². The third-order valence-electron chi connectivity index (χ3n) is 4.64. The van der Waals surface area contributed by atoms with Gasteiger partial charge in [-0.05, 0) is 6.42 Å². The minimum Gasteiger partial charge on any atom is -0.481 e. The number of hydrogen-bond donors (Lipinski definition) is 8. The molecule has 0 fully saturated rings. The van der Waals surface area contributed by atoms with E-state index in [0.717, 1.165) is 0 Å². The summed E-state index contributed by atoms with van der Waals surface area (Å²) < 4.78 is 0. The number of nitrogens with zero attached hydrogens (tertiary/aromatic N) is 2. The van der Waals surface area contributed by atoms with Gasteiger partial charge in [0, 0.05) is 43.0 Å². The van der Waals surface area contributed by atoms with E-state index in [4.69, 9.17) is 15.9 Å². The molecule has 34 heavy (non-hydrogen) atoms. The number of rotatable bonds is 14. The lowest BCUT2D eigenvalue weighted by molar-refractivity contribution is -0.140. The molecule has 2 aromatic rings. The highest BCUT2D eigenvalue weighted by Crippen LogP contribution is 2.05. The Bertz CT molecular complexity index is 977. The molecule has 15 heteroatoms. The summed E-state index contributed by atoms with van der Waals surface area (Å²) in [5, 5.41) is 24.7. The first-order valence-electron chi connectivity index (χ1n) is 10.2. The second kappa shape index (κ2) is 12.7. The van der Waals surface area contributed by atoms with Crippen LogP contribution in [0.25, 0.3) is 0 Å². The average Bonchev–Trinajstić information content (AvgIpc) is 3.48. The first-order valence-corrected chi connectivity index (χ1v) is 10.2. The number of amides is 3. The summed E-state index contributed by atoms with van der Waals surface area (Å²) >= 11 is 0. The zero-order valence-corrected chi connectivity index (χ0v) is 18.0. The van der Waals surface area contributed by atoms with E-state index in [2.05, 4.69) is 35.9 Å². The van der Waals surface area contributed by atoms with Crippen molar-refractivity contribution >= 4 is 29.7 Å². The number of aromatic nitrogens is 4. The fourth-order valence-electron chi connectivity index (χ4n) is 2.93. The molecule has 15 nitrogen and oxygen atoms in total. The van der Waals surface area contributed by atoms with E-state index in [1.54, 1.807) is 0 Å². The van der Waals surface area contributed by atoms with Crippen LogP contribution < -0.4 is 21.7 Å². The van der Waals surface area contributed by atoms with Crippen LogP contribution in [0.3, 0.4) is 0 Å². The summed E-state index contributed by atoms with van der Waals surface area (Å²) in [6.07, 6.45) is 5.10. The van der Waals surface area contributed by atoms with E-state index in [1.165, 1.54) is 25.0 Å². The molecular weight excluding hydrogens is 452 g/mol. The lowest BCUT2D eigenvalue weighted by Gasteiger charge is -2.23. The van der Waals surface area contributed by atoms with Crippen LogP contribution in [0.5, 0.6) is 0 Å². The van der Waals surface area contributed by atoms with Crippen LogP contribution in [-0.2, 0) is 36.8 Å². The van der Waals surface area contributed by atoms with Gasteiger partial charge < -0.3 is 41.9 Å². The smallest absolute Gasteiger partial charge is 0.322 e. The first kappa shape index (κ1) is 26.0. The van der Waals surface area contributed by atoms with Crippen LogP contribution in [-0.4, -0.2) is 84.5 Å². The van der Waals surface area contributed by atoms with Crippen LogP contribution >= 0.6 is 0 Å². The number of aliphatic carboxylic acids is 2. The van der Waals surface area contributed by atoms with Crippen LogP contribution in [0, 0.1) is 0 Å². The van der Waals surface area contributed by atoms with Gasteiger partial charge in [0.15, 0.2) is 0 Å². The van der Waals surface area contributed by atoms with Crippen molar-refractivity contribution in [1.82, 2.24) is 35.9 Å². The molecule has 2 heterocycles. The predicted octanol–water partition coefficient (Wildman–Crippen LogP) is -2.72. The normalized spacial score (nSPS) is 13.3. The molecule has 3 unspecified atom stereocenters. The lowest BCUT2D eigenvalue weighted by atomic mass is 10.1. The highest BCUT2D eigenvalue weighted by Gasteiger charge is 2.29. The minimum atomic E-state index is -1.34. The zero-order valence-electron chi connectivity index (χ0n) is 18.0. The SMILES string of the molecule is NC(Cc1cnc[nH]1)C(=O)NC(Cc1cnc[nH]1)C(=O)NC(CCC(=O)O)C(=O)NCC(=O)O. The number of imidazole rings is 2. The van der Waals surface area contributed by atoms with Gasteiger partial charge in [0.25, 0.3) is 0 Å². The first-order chi connectivity index (χ1) is 16.2. The molecule has 184 valence electrons. The van der Waals surface area contributed by atoms with Crippen LogP contribution in [0.2, 0.25) is 0 Å². The van der Waals surface area contributed by atoms with Gasteiger partial charge in [-0.2, -0.15) is 0 Å². The summed E-state index contributed by atoms with van der Waals surface area (Å²) in [5.41, 5.74) is 7.04. The molecule has 0 saturated carbocycles. The van der Waals surface area contributed by atoms with Gasteiger partial charge in [0.2, 0.25) is 17.7 Å². The molecule has 0 aliphatic heterocycles. The average molecular weight is 478 g/mol. The summed E-state index contributed by atoms with van der Waals surface area (Å²) in [7, 11) is 0. The van der Waals surface area contributed by atoms with Gasteiger partial charge in [-0.25, -0.2) is 9.97 Å². The largest absolute Gasteiger partial charge is 0.481 e.